The van der Waals surface area contributed by atoms with Crippen molar-refractivity contribution in [1.29, 1.82) is 0 Å². The average molecular weight is 294 g/mol. The average Bonchev–Trinajstić information content (AvgIpc) is 1.95. The third kappa shape index (κ3) is 10.7. The lowest BCUT2D eigenvalue weighted by atomic mass is 10.2. The van der Waals surface area contributed by atoms with Crippen LogP contribution < -0.4 is 5.32 Å². The number of rotatable bonds is 6. The van der Waals surface area contributed by atoms with Gasteiger partial charge in [-0.05, 0) is 25.1 Å². The summed E-state index contributed by atoms with van der Waals surface area (Å²) in [6, 6.07) is 0.248. The van der Waals surface area contributed by atoms with E-state index in [4.69, 9.17) is 0 Å². The van der Waals surface area contributed by atoms with Crippen LogP contribution in [0.2, 0.25) is 0 Å². The van der Waals surface area contributed by atoms with Gasteiger partial charge in [-0.15, -0.1) is 0 Å². The molecule has 0 aliphatic rings. The summed E-state index contributed by atoms with van der Waals surface area (Å²) in [5.74, 6) is 0.0739. The van der Waals surface area contributed by atoms with Crippen LogP contribution in [-0.4, -0.2) is 28.7 Å². The predicted molar refractivity (Wildman–Crippen MR) is 59.0 cm³/mol. The Morgan fingerprint density at radius 3 is 2.36 bits per heavy atom. The summed E-state index contributed by atoms with van der Waals surface area (Å²) in [4.78, 5) is 0.389. The van der Waals surface area contributed by atoms with Gasteiger partial charge in [-0.2, -0.15) is 13.2 Å². The first-order valence-corrected chi connectivity index (χ1v) is 6.29. The zero-order chi connectivity index (χ0) is 11.2. The molecule has 0 saturated carbocycles. The fourth-order valence-electron chi connectivity index (χ4n) is 1.04. The lowest BCUT2D eigenvalue weighted by molar-refractivity contribution is -0.0327. The van der Waals surface area contributed by atoms with E-state index >= 15 is 0 Å². The van der Waals surface area contributed by atoms with Crippen molar-refractivity contribution < 1.29 is 13.2 Å². The van der Waals surface area contributed by atoms with Crippen LogP contribution in [0, 0.1) is 0 Å². The van der Waals surface area contributed by atoms with Crippen molar-refractivity contribution >= 4 is 27.7 Å². The maximum Gasteiger partial charge on any atom is 0.441 e. The Labute approximate surface area is 95.3 Å². The first-order chi connectivity index (χ1) is 6.31. The molecule has 0 heterocycles. The Hall–Kier alpha value is 0.580. The van der Waals surface area contributed by atoms with Gasteiger partial charge in [-0.25, -0.2) is 0 Å². The van der Waals surface area contributed by atoms with Gasteiger partial charge in [0.2, 0.25) is 0 Å². The highest BCUT2D eigenvalue weighted by molar-refractivity contribution is 9.09. The van der Waals surface area contributed by atoms with Gasteiger partial charge >= 0.3 is 5.51 Å². The van der Waals surface area contributed by atoms with E-state index in [9.17, 15) is 13.2 Å². The van der Waals surface area contributed by atoms with Crippen LogP contribution in [0.3, 0.4) is 0 Å². The van der Waals surface area contributed by atoms with Crippen molar-refractivity contribution in [2.75, 3.05) is 12.3 Å². The van der Waals surface area contributed by atoms with Gasteiger partial charge in [0.15, 0.2) is 0 Å². The second-order valence-electron chi connectivity index (χ2n) is 3.17. The van der Waals surface area contributed by atoms with Crippen LogP contribution in [0.25, 0.3) is 0 Å². The van der Waals surface area contributed by atoms with E-state index in [1.165, 1.54) is 0 Å². The van der Waals surface area contributed by atoms with E-state index in [1.807, 2.05) is 13.8 Å². The monoisotopic (exact) mass is 293 g/mol. The first-order valence-electron chi connectivity index (χ1n) is 4.39. The summed E-state index contributed by atoms with van der Waals surface area (Å²) >= 11 is 3.41. The molecule has 0 bridgehead atoms. The Balaban J connectivity index is 3.36. The quantitative estimate of drug-likeness (QED) is 0.595. The smallest absolute Gasteiger partial charge is 0.313 e. The molecule has 2 unspecified atom stereocenters. The minimum atomic E-state index is -4.10. The standard InChI is InChI=1S/C8H15BrF3NS/c1-6(9)5-7(2)13-3-4-14-8(10,11)12/h6-7,13H,3-5H2,1-2H3. The maximum absolute atomic E-state index is 11.7. The number of hydrogen-bond donors (Lipinski definition) is 1. The van der Waals surface area contributed by atoms with E-state index in [-0.39, 0.29) is 23.6 Å². The summed E-state index contributed by atoms with van der Waals surface area (Å²) in [6.45, 7) is 4.38. The van der Waals surface area contributed by atoms with Crippen LogP contribution in [0.15, 0.2) is 0 Å². The Bertz CT molecular complexity index is 152. The van der Waals surface area contributed by atoms with Crippen molar-refractivity contribution in [3.05, 3.63) is 0 Å². The molecule has 0 spiro atoms. The van der Waals surface area contributed by atoms with E-state index in [1.54, 1.807) is 0 Å². The van der Waals surface area contributed by atoms with Gasteiger partial charge in [0.05, 0.1) is 0 Å². The summed E-state index contributed by atoms with van der Waals surface area (Å²) in [6.07, 6.45) is 0.913. The van der Waals surface area contributed by atoms with Crippen molar-refractivity contribution in [3.63, 3.8) is 0 Å². The highest BCUT2D eigenvalue weighted by atomic mass is 79.9. The van der Waals surface area contributed by atoms with Gasteiger partial charge in [0, 0.05) is 23.2 Å². The summed E-state index contributed by atoms with van der Waals surface area (Å²) < 4.78 is 35.2. The molecule has 86 valence electrons. The second kappa shape index (κ2) is 6.95. The second-order valence-corrected chi connectivity index (χ2v) is 5.89. The van der Waals surface area contributed by atoms with Gasteiger partial charge in [-0.1, -0.05) is 22.9 Å². The van der Waals surface area contributed by atoms with E-state index in [0.717, 1.165) is 6.42 Å². The summed E-state index contributed by atoms with van der Waals surface area (Å²) in [5, 5.41) is 3.04. The molecule has 0 radical (unpaired) electrons. The molecule has 2 atom stereocenters. The summed E-state index contributed by atoms with van der Waals surface area (Å²) in [7, 11) is 0. The van der Waals surface area contributed by atoms with Crippen molar-refractivity contribution in [2.45, 2.75) is 36.6 Å². The molecule has 0 rings (SSSR count). The molecular formula is C8H15BrF3NS. The SMILES string of the molecule is CC(Br)CC(C)NCCSC(F)(F)F. The molecule has 0 saturated heterocycles. The van der Waals surface area contributed by atoms with Crippen LogP contribution in [-0.2, 0) is 0 Å². The summed E-state index contributed by atoms with van der Waals surface area (Å²) in [5.41, 5.74) is -4.10. The highest BCUT2D eigenvalue weighted by Gasteiger charge is 2.27. The fourth-order valence-corrected chi connectivity index (χ4v) is 2.05. The molecule has 0 aromatic heterocycles. The van der Waals surface area contributed by atoms with Crippen molar-refractivity contribution in [1.82, 2.24) is 5.32 Å². The number of halogens is 4. The van der Waals surface area contributed by atoms with Crippen LogP contribution >= 0.6 is 27.7 Å². The molecule has 0 aliphatic heterocycles. The van der Waals surface area contributed by atoms with Gasteiger partial charge in [0.25, 0.3) is 0 Å². The number of alkyl halides is 4. The van der Waals surface area contributed by atoms with Crippen LogP contribution in [0.5, 0.6) is 0 Å². The predicted octanol–water partition coefficient (Wildman–Crippen LogP) is 3.39. The zero-order valence-electron chi connectivity index (χ0n) is 8.20. The van der Waals surface area contributed by atoms with Crippen LogP contribution in [0.4, 0.5) is 13.2 Å². The largest absolute Gasteiger partial charge is 0.441 e. The van der Waals surface area contributed by atoms with Crippen molar-refractivity contribution in [2.24, 2.45) is 0 Å². The molecule has 6 heteroatoms. The molecule has 0 aromatic rings. The lowest BCUT2D eigenvalue weighted by Crippen LogP contribution is -2.30. The van der Waals surface area contributed by atoms with E-state index in [2.05, 4.69) is 21.2 Å². The molecule has 0 aliphatic carbocycles. The molecule has 0 aromatic carbocycles. The maximum atomic E-state index is 11.7. The molecule has 0 amide bonds. The minimum absolute atomic E-state index is 0.0202. The topological polar surface area (TPSA) is 12.0 Å². The third-order valence-electron chi connectivity index (χ3n) is 1.54. The normalized spacial score (nSPS) is 16.7. The Kier molecular flexibility index (Phi) is 7.24. The van der Waals surface area contributed by atoms with Gasteiger partial charge < -0.3 is 5.32 Å². The minimum Gasteiger partial charge on any atom is -0.313 e. The van der Waals surface area contributed by atoms with Crippen LogP contribution in [0.1, 0.15) is 20.3 Å². The number of thioether (sulfide) groups is 1. The Morgan fingerprint density at radius 1 is 1.36 bits per heavy atom. The fraction of sp³-hybridized carbons (Fsp3) is 1.00. The zero-order valence-corrected chi connectivity index (χ0v) is 10.6. The number of hydrogen-bond acceptors (Lipinski definition) is 2. The third-order valence-corrected chi connectivity index (χ3v) is 2.65. The Morgan fingerprint density at radius 2 is 1.93 bits per heavy atom. The number of nitrogens with one attached hydrogen (secondary N) is 1. The molecule has 1 nitrogen and oxygen atoms in total. The molecule has 14 heavy (non-hydrogen) atoms. The lowest BCUT2D eigenvalue weighted by Gasteiger charge is -2.15. The van der Waals surface area contributed by atoms with E-state index in [0.29, 0.717) is 11.4 Å². The van der Waals surface area contributed by atoms with Gasteiger partial charge in [-0.3, -0.25) is 0 Å². The first kappa shape index (κ1) is 14.6. The molecule has 1 N–H and O–H groups in total. The molecule has 0 fully saturated rings. The van der Waals surface area contributed by atoms with Gasteiger partial charge in [0.1, 0.15) is 0 Å². The molecular weight excluding hydrogens is 279 g/mol. The highest BCUT2D eigenvalue weighted by Crippen LogP contribution is 2.29. The van der Waals surface area contributed by atoms with Crippen molar-refractivity contribution in [3.8, 4) is 0 Å². The van der Waals surface area contributed by atoms with E-state index < -0.39 is 5.51 Å².